The maximum atomic E-state index is 11.5. The van der Waals surface area contributed by atoms with Crippen LogP contribution in [0.5, 0.6) is 0 Å². The summed E-state index contributed by atoms with van der Waals surface area (Å²) < 4.78 is 1.68. The molecular weight excluding hydrogens is 234 g/mol. The normalized spacial score (nSPS) is 10.3. The van der Waals surface area contributed by atoms with Crippen LogP contribution in [0.4, 0.5) is 5.95 Å². The standard InChI is InChI=1S/C11H13N5O2/c1-7(17)13-6-9(18)15-11-14-8-4-3-5-12-10(8)16(11)2/h3-5H,6H2,1-2H3,(H,13,17)(H,14,15,18). The summed E-state index contributed by atoms with van der Waals surface area (Å²) in [7, 11) is 1.76. The van der Waals surface area contributed by atoms with Crippen LogP contribution in [-0.4, -0.2) is 32.9 Å². The number of nitrogens with one attached hydrogen (secondary N) is 2. The zero-order valence-corrected chi connectivity index (χ0v) is 10.1. The Morgan fingerprint density at radius 1 is 1.44 bits per heavy atom. The minimum absolute atomic E-state index is 0.0774. The number of amides is 2. The lowest BCUT2D eigenvalue weighted by Gasteiger charge is -2.04. The van der Waals surface area contributed by atoms with Gasteiger partial charge in [-0.1, -0.05) is 0 Å². The SMILES string of the molecule is CC(=O)NCC(=O)Nc1nc2cccnc2n1C. The molecule has 0 aliphatic carbocycles. The lowest BCUT2D eigenvalue weighted by molar-refractivity contribution is -0.122. The van der Waals surface area contributed by atoms with E-state index in [9.17, 15) is 9.59 Å². The summed E-state index contributed by atoms with van der Waals surface area (Å²) in [5.74, 6) is -0.181. The highest BCUT2D eigenvalue weighted by atomic mass is 16.2. The molecule has 18 heavy (non-hydrogen) atoms. The first-order chi connectivity index (χ1) is 8.58. The minimum Gasteiger partial charge on any atom is -0.347 e. The molecule has 7 nitrogen and oxygen atoms in total. The van der Waals surface area contributed by atoms with E-state index in [0.29, 0.717) is 17.1 Å². The van der Waals surface area contributed by atoms with Crippen LogP contribution >= 0.6 is 0 Å². The van der Waals surface area contributed by atoms with Gasteiger partial charge in [-0.15, -0.1) is 0 Å². The van der Waals surface area contributed by atoms with Gasteiger partial charge in [0.05, 0.1) is 6.54 Å². The molecule has 0 atom stereocenters. The van der Waals surface area contributed by atoms with Crippen molar-refractivity contribution in [3.05, 3.63) is 18.3 Å². The molecule has 0 fully saturated rings. The van der Waals surface area contributed by atoms with Gasteiger partial charge in [-0.3, -0.25) is 19.5 Å². The Morgan fingerprint density at radius 3 is 2.89 bits per heavy atom. The second kappa shape index (κ2) is 4.82. The van der Waals surface area contributed by atoms with Gasteiger partial charge in [-0.2, -0.15) is 0 Å². The molecule has 2 heterocycles. The van der Waals surface area contributed by atoms with E-state index in [1.54, 1.807) is 23.9 Å². The highest BCUT2D eigenvalue weighted by Crippen LogP contribution is 2.14. The van der Waals surface area contributed by atoms with Crippen LogP contribution in [0.25, 0.3) is 11.2 Å². The monoisotopic (exact) mass is 247 g/mol. The minimum atomic E-state index is -0.330. The van der Waals surface area contributed by atoms with E-state index in [-0.39, 0.29) is 18.4 Å². The molecule has 2 aromatic rings. The molecule has 7 heteroatoms. The Balaban J connectivity index is 2.14. The molecule has 2 rings (SSSR count). The molecule has 0 unspecified atom stereocenters. The number of anilines is 1. The maximum Gasteiger partial charge on any atom is 0.246 e. The van der Waals surface area contributed by atoms with Crippen LogP contribution in [0.3, 0.4) is 0 Å². The van der Waals surface area contributed by atoms with E-state index in [0.717, 1.165) is 0 Å². The molecule has 94 valence electrons. The summed E-state index contributed by atoms with van der Waals surface area (Å²) in [4.78, 5) is 30.6. The number of carbonyl (C=O) groups is 2. The molecule has 0 saturated carbocycles. The number of nitrogens with zero attached hydrogens (tertiary/aromatic N) is 3. The number of pyridine rings is 1. The van der Waals surface area contributed by atoms with E-state index in [4.69, 9.17) is 0 Å². The van der Waals surface area contributed by atoms with Crippen molar-refractivity contribution in [2.45, 2.75) is 6.92 Å². The van der Waals surface area contributed by atoms with E-state index in [1.807, 2.05) is 6.07 Å². The fourth-order valence-electron chi connectivity index (χ4n) is 1.51. The summed E-state index contributed by atoms with van der Waals surface area (Å²) in [6.45, 7) is 1.28. The van der Waals surface area contributed by atoms with Gasteiger partial charge in [-0.05, 0) is 12.1 Å². The predicted molar refractivity (Wildman–Crippen MR) is 65.8 cm³/mol. The fourth-order valence-corrected chi connectivity index (χ4v) is 1.51. The average molecular weight is 247 g/mol. The van der Waals surface area contributed by atoms with Crippen LogP contribution in [-0.2, 0) is 16.6 Å². The molecule has 0 radical (unpaired) electrons. The van der Waals surface area contributed by atoms with Crippen LogP contribution in [0, 0.1) is 0 Å². The zero-order valence-electron chi connectivity index (χ0n) is 10.1. The summed E-state index contributed by atoms with van der Waals surface area (Å²) in [5, 5.41) is 5.03. The first-order valence-corrected chi connectivity index (χ1v) is 5.39. The third kappa shape index (κ3) is 2.45. The van der Waals surface area contributed by atoms with Crippen molar-refractivity contribution in [1.82, 2.24) is 19.9 Å². The largest absolute Gasteiger partial charge is 0.347 e. The number of imidazole rings is 1. The molecule has 0 spiro atoms. The third-order valence-electron chi connectivity index (χ3n) is 2.38. The van der Waals surface area contributed by atoms with Crippen molar-refractivity contribution >= 4 is 28.9 Å². The Hall–Kier alpha value is -2.44. The number of carbonyl (C=O) groups excluding carboxylic acids is 2. The number of fused-ring (bicyclic) bond motifs is 1. The second-order valence-electron chi connectivity index (χ2n) is 3.80. The van der Waals surface area contributed by atoms with Gasteiger partial charge in [0, 0.05) is 20.2 Å². The summed E-state index contributed by atoms with van der Waals surface area (Å²) in [6.07, 6.45) is 1.66. The van der Waals surface area contributed by atoms with Gasteiger partial charge < -0.3 is 5.32 Å². The molecule has 0 aliphatic rings. The lowest BCUT2D eigenvalue weighted by atomic mass is 10.4. The topological polar surface area (TPSA) is 88.9 Å². The van der Waals surface area contributed by atoms with E-state index in [1.165, 1.54) is 6.92 Å². The predicted octanol–water partition coefficient (Wildman–Crippen LogP) is 0.0429. The van der Waals surface area contributed by atoms with E-state index >= 15 is 0 Å². The molecule has 0 aliphatic heterocycles. The van der Waals surface area contributed by atoms with Gasteiger partial charge in [0.15, 0.2) is 5.65 Å². The van der Waals surface area contributed by atoms with Crippen molar-refractivity contribution in [2.24, 2.45) is 7.05 Å². The van der Waals surface area contributed by atoms with E-state index < -0.39 is 0 Å². The molecule has 2 aromatic heterocycles. The quantitative estimate of drug-likeness (QED) is 0.801. The van der Waals surface area contributed by atoms with Gasteiger partial charge in [-0.25, -0.2) is 9.97 Å². The van der Waals surface area contributed by atoms with Crippen LogP contribution in [0.2, 0.25) is 0 Å². The number of aryl methyl sites for hydroxylation is 1. The first kappa shape index (κ1) is 12.0. The first-order valence-electron chi connectivity index (χ1n) is 5.39. The molecule has 2 amide bonds. The summed E-state index contributed by atoms with van der Waals surface area (Å²) in [6, 6.07) is 3.59. The summed E-state index contributed by atoms with van der Waals surface area (Å²) >= 11 is 0. The van der Waals surface area contributed by atoms with Gasteiger partial charge in [0.1, 0.15) is 5.52 Å². The van der Waals surface area contributed by atoms with Gasteiger partial charge in [0.25, 0.3) is 0 Å². The van der Waals surface area contributed by atoms with Crippen molar-refractivity contribution < 1.29 is 9.59 Å². The molecule has 0 bridgehead atoms. The Morgan fingerprint density at radius 2 is 2.22 bits per heavy atom. The number of hydrogen-bond donors (Lipinski definition) is 2. The van der Waals surface area contributed by atoms with Crippen molar-refractivity contribution in [2.75, 3.05) is 11.9 Å². The Kier molecular flexibility index (Phi) is 3.22. The molecule has 2 N–H and O–H groups in total. The number of aromatic nitrogens is 3. The van der Waals surface area contributed by atoms with Crippen molar-refractivity contribution in [1.29, 1.82) is 0 Å². The number of hydrogen-bond acceptors (Lipinski definition) is 4. The summed E-state index contributed by atoms with van der Waals surface area (Å²) in [5.41, 5.74) is 1.39. The Labute approximate surface area is 103 Å². The highest BCUT2D eigenvalue weighted by Gasteiger charge is 2.11. The molecular formula is C11H13N5O2. The fraction of sp³-hybridized carbons (Fsp3) is 0.273. The van der Waals surface area contributed by atoms with Crippen molar-refractivity contribution in [3.8, 4) is 0 Å². The van der Waals surface area contributed by atoms with Gasteiger partial charge >= 0.3 is 0 Å². The smallest absolute Gasteiger partial charge is 0.246 e. The van der Waals surface area contributed by atoms with Crippen molar-refractivity contribution in [3.63, 3.8) is 0 Å². The Bertz CT molecular complexity index is 604. The van der Waals surface area contributed by atoms with Gasteiger partial charge in [0.2, 0.25) is 17.8 Å². The molecule has 0 saturated heterocycles. The van der Waals surface area contributed by atoms with Crippen LogP contribution < -0.4 is 10.6 Å². The maximum absolute atomic E-state index is 11.5. The zero-order chi connectivity index (χ0) is 13.1. The highest BCUT2D eigenvalue weighted by molar-refractivity contribution is 5.94. The van der Waals surface area contributed by atoms with E-state index in [2.05, 4.69) is 20.6 Å². The second-order valence-corrected chi connectivity index (χ2v) is 3.80. The van der Waals surface area contributed by atoms with Crippen LogP contribution in [0.15, 0.2) is 18.3 Å². The number of rotatable bonds is 3. The van der Waals surface area contributed by atoms with Crippen LogP contribution in [0.1, 0.15) is 6.92 Å². The lowest BCUT2D eigenvalue weighted by Crippen LogP contribution is -2.31. The third-order valence-corrected chi connectivity index (χ3v) is 2.38. The average Bonchev–Trinajstić information content (AvgIpc) is 2.65. The molecule has 0 aromatic carbocycles.